The molecule has 0 aliphatic carbocycles. The fourth-order valence-electron chi connectivity index (χ4n) is 1.19. The minimum atomic E-state index is 0.438. The Balaban J connectivity index is 3.08. The molecule has 1 aromatic rings. The summed E-state index contributed by atoms with van der Waals surface area (Å²) in [6, 6.07) is 1.91. The lowest BCUT2D eigenvalue weighted by atomic mass is 10.0. The summed E-state index contributed by atoms with van der Waals surface area (Å²) in [5.41, 5.74) is 1.14. The van der Waals surface area contributed by atoms with Crippen LogP contribution in [0.15, 0.2) is 12.3 Å². The second-order valence-electron chi connectivity index (χ2n) is 3.22. The third-order valence-corrected chi connectivity index (χ3v) is 1.99. The lowest BCUT2D eigenvalue weighted by Gasteiger charge is -2.11. The number of hydrogen-bond donors (Lipinski definition) is 1. The first-order valence-corrected chi connectivity index (χ1v) is 4.40. The molecule has 0 saturated heterocycles. The SMILES string of the molecule is CNc1cc(OC)c(C(C)C)cn1. The maximum Gasteiger partial charge on any atom is 0.129 e. The fourth-order valence-corrected chi connectivity index (χ4v) is 1.19. The van der Waals surface area contributed by atoms with Crippen molar-refractivity contribution in [2.24, 2.45) is 0 Å². The van der Waals surface area contributed by atoms with E-state index in [0.29, 0.717) is 5.92 Å². The third-order valence-electron chi connectivity index (χ3n) is 1.99. The second-order valence-corrected chi connectivity index (χ2v) is 3.22. The van der Waals surface area contributed by atoms with Crippen molar-refractivity contribution in [2.75, 3.05) is 19.5 Å². The molecule has 1 N–H and O–H groups in total. The van der Waals surface area contributed by atoms with Crippen LogP contribution < -0.4 is 10.1 Å². The van der Waals surface area contributed by atoms with E-state index in [1.54, 1.807) is 7.11 Å². The summed E-state index contributed by atoms with van der Waals surface area (Å²) in [6.07, 6.45) is 1.86. The highest BCUT2D eigenvalue weighted by molar-refractivity contribution is 5.45. The first-order chi connectivity index (χ1) is 6.19. The van der Waals surface area contributed by atoms with Gasteiger partial charge in [0.05, 0.1) is 7.11 Å². The average Bonchev–Trinajstić information content (AvgIpc) is 2.16. The molecule has 0 unspecified atom stereocenters. The van der Waals surface area contributed by atoms with Crippen molar-refractivity contribution in [1.29, 1.82) is 0 Å². The molecule has 0 aromatic carbocycles. The van der Waals surface area contributed by atoms with Gasteiger partial charge in [-0.15, -0.1) is 0 Å². The van der Waals surface area contributed by atoms with E-state index >= 15 is 0 Å². The van der Waals surface area contributed by atoms with Gasteiger partial charge in [0.2, 0.25) is 0 Å². The summed E-state index contributed by atoms with van der Waals surface area (Å²) in [7, 11) is 3.53. The Kier molecular flexibility index (Phi) is 3.12. The van der Waals surface area contributed by atoms with Gasteiger partial charge in [0.25, 0.3) is 0 Å². The maximum atomic E-state index is 5.27. The molecule has 0 saturated carbocycles. The van der Waals surface area contributed by atoms with Crippen LogP contribution in [0.1, 0.15) is 25.3 Å². The largest absolute Gasteiger partial charge is 0.496 e. The Morgan fingerprint density at radius 3 is 2.62 bits per heavy atom. The number of pyridine rings is 1. The van der Waals surface area contributed by atoms with E-state index in [9.17, 15) is 0 Å². The van der Waals surface area contributed by atoms with Gasteiger partial charge in [-0.05, 0) is 5.92 Å². The number of ether oxygens (including phenoxy) is 1. The van der Waals surface area contributed by atoms with Crippen molar-refractivity contribution in [3.05, 3.63) is 17.8 Å². The number of methoxy groups -OCH3 is 1. The molecule has 0 fully saturated rings. The predicted octanol–water partition coefficient (Wildman–Crippen LogP) is 2.26. The first kappa shape index (κ1) is 9.84. The highest BCUT2D eigenvalue weighted by Gasteiger charge is 2.07. The maximum absolute atomic E-state index is 5.27. The summed E-state index contributed by atoms with van der Waals surface area (Å²) in [4.78, 5) is 4.24. The summed E-state index contributed by atoms with van der Waals surface area (Å²) in [5, 5.41) is 2.98. The van der Waals surface area contributed by atoms with Crippen LogP contribution in [0, 0.1) is 0 Å². The molecule has 72 valence electrons. The number of rotatable bonds is 3. The second kappa shape index (κ2) is 4.12. The van der Waals surface area contributed by atoms with Gasteiger partial charge in [0, 0.05) is 24.9 Å². The lowest BCUT2D eigenvalue weighted by molar-refractivity contribution is 0.407. The molecule has 3 heteroatoms. The molecule has 0 radical (unpaired) electrons. The topological polar surface area (TPSA) is 34.1 Å². The third kappa shape index (κ3) is 2.11. The summed E-state index contributed by atoms with van der Waals surface area (Å²) in [5.74, 6) is 2.17. The van der Waals surface area contributed by atoms with E-state index in [0.717, 1.165) is 17.1 Å². The van der Waals surface area contributed by atoms with Crippen LogP contribution in [-0.4, -0.2) is 19.1 Å². The van der Waals surface area contributed by atoms with Gasteiger partial charge in [0.1, 0.15) is 11.6 Å². The normalized spacial score (nSPS) is 10.2. The summed E-state index contributed by atoms with van der Waals surface area (Å²) < 4.78 is 5.27. The van der Waals surface area contributed by atoms with Crippen LogP contribution in [-0.2, 0) is 0 Å². The van der Waals surface area contributed by atoms with Crippen LogP contribution in [0.3, 0.4) is 0 Å². The van der Waals surface area contributed by atoms with Crippen molar-refractivity contribution < 1.29 is 4.74 Å². The van der Waals surface area contributed by atoms with Crippen LogP contribution >= 0.6 is 0 Å². The highest BCUT2D eigenvalue weighted by atomic mass is 16.5. The van der Waals surface area contributed by atoms with E-state index in [4.69, 9.17) is 4.74 Å². The van der Waals surface area contributed by atoms with Crippen LogP contribution in [0.25, 0.3) is 0 Å². The molecule has 0 aliphatic heterocycles. The predicted molar refractivity (Wildman–Crippen MR) is 54.4 cm³/mol. The van der Waals surface area contributed by atoms with E-state index in [-0.39, 0.29) is 0 Å². The van der Waals surface area contributed by atoms with Gasteiger partial charge >= 0.3 is 0 Å². The Hall–Kier alpha value is -1.25. The zero-order chi connectivity index (χ0) is 9.84. The van der Waals surface area contributed by atoms with Crippen molar-refractivity contribution in [3.8, 4) is 5.75 Å². The van der Waals surface area contributed by atoms with Crippen LogP contribution in [0.4, 0.5) is 5.82 Å². The molecule has 0 amide bonds. The van der Waals surface area contributed by atoms with E-state index < -0.39 is 0 Å². The van der Waals surface area contributed by atoms with Gasteiger partial charge in [-0.2, -0.15) is 0 Å². The monoisotopic (exact) mass is 180 g/mol. The number of aromatic nitrogens is 1. The molecular formula is C10H16N2O. The first-order valence-electron chi connectivity index (χ1n) is 4.40. The fraction of sp³-hybridized carbons (Fsp3) is 0.500. The quantitative estimate of drug-likeness (QED) is 0.774. The number of nitrogens with one attached hydrogen (secondary N) is 1. The lowest BCUT2D eigenvalue weighted by Crippen LogP contribution is -1.98. The average molecular weight is 180 g/mol. The Labute approximate surface area is 79.1 Å². The van der Waals surface area contributed by atoms with Gasteiger partial charge < -0.3 is 10.1 Å². The van der Waals surface area contributed by atoms with Crippen molar-refractivity contribution >= 4 is 5.82 Å². The summed E-state index contributed by atoms with van der Waals surface area (Å²) >= 11 is 0. The van der Waals surface area contributed by atoms with E-state index in [1.807, 2.05) is 19.3 Å². The Morgan fingerprint density at radius 2 is 2.15 bits per heavy atom. The number of hydrogen-bond acceptors (Lipinski definition) is 3. The minimum Gasteiger partial charge on any atom is -0.496 e. The molecule has 0 aliphatic rings. The molecule has 0 spiro atoms. The summed E-state index contributed by atoms with van der Waals surface area (Å²) in [6.45, 7) is 4.25. The van der Waals surface area contributed by atoms with Gasteiger partial charge in [-0.3, -0.25) is 0 Å². The van der Waals surface area contributed by atoms with Crippen LogP contribution in [0.2, 0.25) is 0 Å². The zero-order valence-electron chi connectivity index (χ0n) is 8.59. The molecule has 1 aromatic heterocycles. The molecule has 13 heavy (non-hydrogen) atoms. The van der Waals surface area contributed by atoms with Crippen molar-refractivity contribution in [3.63, 3.8) is 0 Å². The number of nitrogens with zero attached hydrogens (tertiary/aromatic N) is 1. The Bertz CT molecular complexity index is 284. The molecule has 1 heterocycles. The van der Waals surface area contributed by atoms with Gasteiger partial charge in [-0.25, -0.2) is 4.98 Å². The van der Waals surface area contributed by atoms with Crippen molar-refractivity contribution in [1.82, 2.24) is 4.98 Å². The number of anilines is 1. The van der Waals surface area contributed by atoms with Gasteiger partial charge in [0.15, 0.2) is 0 Å². The molecular weight excluding hydrogens is 164 g/mol. The molecule has 3 nitrogen and oxygen atoms in total. The smallest absolute Gasteiger partial charge is 0.129 e. The standard InChI is InChI=1S/C10H16N2O/c1-7(2)8-6-12-10(11-3)5-9(8)13-4/h5-7H,1-4H3,(H,11,12). The highest BCUT2D eigenvalue weighted by Crippen LogP contribution is 2.27. The molecule has 1 rings (SSSR count). The molecule has 0 bridgehead atoms. The minimum absolute atomic E-state index is 0.438. The Morgan fingerprint density at radius 1 is 1.46 bits per heavy atom. The van der Waals surface area contributed by atoms with E-state index in [2.05, 4.69) is 24.1 Å². The van der Waals surface area contributed by atoms with Gasteiger partial charge in [-0.1, -0.05) is 13.8 Å². The van der Waals surface area contributed by atoms with Crippen molar-refractivity contribution in [2.45, 2.75) is 19.8 Å². The van der Waals surface area contributed by atoms with Crippen LogP contribution in [0.5, 0.6) is 5.75 Å². The zero-order valence-corrected chi connectivity index (χ0v) is 8.59. The molecule has 0 atom stereocenters. The van der Waals surface area contributed by atoms with E-state index in [1.165, 1.54) is 0 Å².